The highest BCUT2D eigenvalue weighted by Gasteiger charge is 2.08. The number of nitrogens with one attached hydrogen (secondary N) is 1. The van der Waals surface area contributed by atoms with Crippen molar-refractivity contribution in [1.29, 1.82) is 0 Å². The Bertz CT molecular complexity index is 491. The second-order valence-corrected chi connectivity index (χ2v) is 7.15. The molecule has 90 valence electrons. The molecule has 0 bridgehead atoms. The first kappa shape index (κ1) is 14.1. The molecule has 1 N–H and O–H groups in total. The molecule has 0 atom stereocenters. The van der Waals surface area contributed by atoms with E-state index in [-0.39, 0.29) is 5.75 Å². The third-order valence-corrected chi connectivity index (χ3v) is 4.54. The third kappa shape index (κ3) is 4.13. The van der Waals surface area contributed by atoms with Crippen LogP contribution in [-0.2, 0) is 9.84 Å². The maximum Gasteiger partial charge on any atom is 0.149 e. The predicted octanol–water partition coefficient (Wildman–Crippen LogP) is 3.21. The van der Waals surface area contributed by atoms with Gasteiger partial charge < -0.3 is 5.32 Å². The molecule has 1 aromatic carbocycles. The summed E-state index contributed by atoms with van der Waals surface area (Å²) >= 11 is 15.1. The quantitative estimate of drug-likeness (QED) is 0.851. The van der Waals surface area contributed by atoms with E-state index >= 15 is 0 Å². The molecule has 0 aliphatic carbocycles. The minimum absolute atomic E-state index is 0.0526. The molecule has 0 aromatic heterocycles. The minimum Gasteiger partial charge on any atom is -0.383 e. The number of hydrogen-bond donors (Lipinski definition) is 1. The van der Waals surface area contributed by atoms with Crippen molar-refractivity contribution in [3.05, 3.63) is 26.7 Å². The summed E-state index contributed by atoms with van der Waals surface area (Å²) in [4.78, 5) is 0. The highest BCUT2D eigenvalue weighted by atomic mass is 79.9. The summed E-state index contributed by atoms with van der Waals surface area (Å²) in [7, 11) is -2.97. The molecule has 0 unspecified atom stereocenters. The van der Waals surface area contributed by atoms with Gasteiger partial charge in [0.25, 0.3) is 0 Å². The fraction of sp³-hybridized carbons (Fsp3) is 0.333. The van der Waals surface area contributed by atoms with Gasteiger partial charge in [0.05, 0.1) is 21.5 Å². The zero-order valence-electron chi connectivity index (χ0n) is 8.43. The molecule has 0 saturated heterocycles. The predicted molar refractivity (Wildman–Crippen MR) is 72.4 cm³/mol. The van der Waals surface area contributed by atoms with Gasteiger partial charge in [0.1, 0.15) is 9.84 Å². The number of halogens is 3. The van der Waals surface area contributed by atoms with Crippen LogP contribution in [0.15, 0.2) is 16.6 Å². The van der Waals surface area contributed by atoms with Crippen molar-refractivity contribution in [3.63, 3.8) is 0 Å². The lowest BCUT2D eigenvalue weighted by molar-refractivity contribution is 0.602. The molecule has 7 heteroatoms. The summed E-state index contributed by atoms with van der Waals surface area (Å²) in [5.74, 6) is 0.0526. The van der Waals surface area contributed by atoms with Crippen LogP contribution in [0.3, 0.4) is 0 Å². The minimum atomic E-state index is -2.97. The zero-order valence-corrected chi connectivity index (χ0v) is 12.3. The molecule has 0 aliphatic heterocycles. The van der Waals surface area contributed by atoms with Crippen LogP contribution >= 0.6 is 39.1 Å². The number of rotatable bonds is 4. The molecule has 0 amide bonds. The first-order valence-electron chi connectivity index (χ1n) is 4.36. The van der Waals surface area contributed by atoms with E-state index < -0.39 is 9.84 Å². The summed E-state index contributed by atoms with van der Waals surface area (Å²) in [6.45, 7) is 0.302. The largest absolute Gasteiger partial charge is 0.383 e. The topological polar surface area (TPSA) is 46.2 Å². The Morgan fingerprint density at radius 1 is 1.31 bits per heavy atom. The summed E-state index contributed by atoms with van der Waals surface area (Å²) in [6.07, 6.45) is 1.19. The first-order chi connectivity index (χ1) is 7.31. The Balaban J connectivity index is 2.72. The summed E-state index contributed by atoms with van der Waals surface area (Å²) in [5, 5.41) is 3.71. The third-order valence-electron chi connectivity index (χ3n) is 1.82. The Morgan fingerprint density at radius 3 is 2.50 bits per heavy atom. The average Bonchev–Trinajstić information content (AvgIpc) is 2.16. The SMILES string of the molecule is CS(=O)(=O)CCNc1ccc(Br)c(Cl)c1Cl. The highest BCUT2D eigenvalue weighted by Crippen LogP contribution is 2.35. The summed E-state index contributed by atoms with van der Waals surface area (Å²) in [5.41, 5.74) is 0.624. The van der Waals surface area contributed by atoms with Crippen LogP contribution in [0.4, 0.5) is 5.69 Å². The van der Waals surface area contributed by atoms with Crippen molar-refractivity contribution < 1.29 is 8.42 Å². The van der Waals surface area contributed by atoms with Gasteiger partial charge in [-0.05, 0) is 28.1 Å². The smallest absolute Gasteiger partial charge is 0.149 e. The Hall–Kier alpha value is 0.0300. The summed E-state index contributed by atoms with van der Waals surface area (Å²) in [6, 6.07) is 3.48. The van der Waals surface area contributed by atoms with Gasteiger partial charge in [-0.2, -0.15) is 0 Å². The zero-order chi connectivity index (χ0) is 12.3. The molecular formula is C9H10BrCl2NO2S. The average molecular weight is 347 g/mol. The Kier molecular flexibility index (Phi) is 4.91. The van der Waals surface area contributed by atoms with E-state index in [4.69, 9.17) is 23.2 Å². The van der Waals surface area contributed by atoms with Crippen molar-refractivity contribution in [3.8, 4) is 0 Å². The van der Waals surface area contributed by atoms with Crippen molar-refractivity contribution in [1.82, 2.24) is 0 Å². The van der Waals surface area contributed by atoms with Gasteiger partial charge in [-0.1, -0.05) is 23.2 Å². The van der Waals surface area contributed by atoms with Crippen LogP contribution < -0.4 is 5.32 Å². The van der Waals surface area contributed by atoms with Crippen LogP contribution in [0.2, 0.25) is 10.0 Å². The van der Waals surface area contributed by atoms with Crippen LogP contribution in [-0.4, -0.2) is 27.0 Å². The first-order valence-corrected chi connectivity index (χ1v) is 7.97. The number of hydrogen-bond acceptors (Lipinski definition) is 3. The van der Waals surface area contributed by atoms with E-state index in [2.05, 4.69) is 21.2 Å². The lowest BCUT2D eigenvalue weighted by atomic mass is 10.3. The van der Waals surface area contributed by atoms with Crippen LogP contribution in [0.5, 0.6) is 0 Å². The molecule has 1 rings (SSSR count). The standard InChI is InChI=1S/C9H10BrCl2NO2S/c1-16(14,15)5-4-13-7-3-2-6(10)8(11)9(7)12/h2-3,13H,4-5H2,1H3. The van der Waals surface area contributed by atoms with Crippen LogP contribution in [0, 0.1) is 0 Å². The van der Waals surface area contributed by atoms with E-state index in [9.17, 15) is 8.42 Å². The van der Waals surface area contributed by atoms with Gasteiger partial charge in [0.2, 0.25) is 0 Å². The maximum atomic E-state index is 10.9. The van der Waals surface area contributed by atoms with E-state index in [1.165, 1.54) is 6.26 Å². The number of anilines is 1. The van der Waals surface area contributed by atoms with E-state index in [1.54, 1.807) is 12.1 Å². The van der Waals surface area contributed by atoms with Crippen molar-refractivity contribution in [2.45, 2.75) is 0 Å². The fourth-order valence-corrected chi connectivity index (χ4v) is 2.35. The Morgan fingerprint density at radius 2 is 1.94 bits per heavy atom. The Labute approximate surface area is 113 Å². The molecule has 1 aromatic rings. The van der Waals surface area contributed by atoms with E-state index in [1.807, 2.05) is 0 Å². The second-order valence-electron chi connectivity index (χ2n) is 3.28. The fourth-order valence-electron chi connectivity index (χ4n) is 1.03. The molecule has 0 radical (unpaired) electrons. The lowest BCUT2D eigenvalue weighted by Gasteiger charge is -2.09. The summed E-state index contributed by atoms with van der Waals surface area (Å²) < 4.78 is 22.5. The number of benzene rings is 1. The van der Waals surface area contributed by atoms with E-state index in [0.29, 0.717) is 26.8 Å². The van der Waals surface area contributed by atoms with Crippen molar-refractivity contribution in [2.75, 3.05) is 23.9 Å². The van der Waals surface area contributed by atoms with Gasteiger partial charge >= 0.3 is 0 Å². The molecule has 0 aliphatic rings. The van der Waals surface area contributed by atoms with Crippen molar-refractivity contribution in [2.24, 2.45) is 0 Å². The second kappa shape index (κ2) is 5.58. The van der Waals surface area contributed by atoms with Gasteiger partial charge in [-0.25, -0.2) is 8.42 Å². The molecule has 3 nitrogen and oxygen atoms in total. The highest BCUT2D eigenvalue weighted by molar-refractivity contribution is 9.10. The van der Waals surface area contributed by atoms with Gasteiger partial charge in [0.15, 0.2) is 0 Å². The molecule has 0 spiro atoms. The molecule has 0 heterocycles. The maximum absolute atomic E-state index is 10.9. The lowest BCUT2D eigenvalue weighted by Crippen LogP contribution is -2.14. The van der Waals surface area contributed by atoms with Crippen molar-refractivity contribution >= 4 is 54.7 Å². The van der Waals surface area contributed by atoms with Crippen LogP contribution in [0.1, 0.15) is 0 Å². The monoisotopic (exact) mass is 345 g/mol. The normalized spacial score (nSPS) is 11.5. The van der Waals surface area contributed by atoms with E-state index in [0.717, 1.165) is 0 Å². The van der Waals surface area contributed by atoms with Gasteiger partial charge in [-0.3, -0.25) is 0 Å². The van der Waals surface area contributed by atoms with Gasteiger partial charge in [0, 0.05) is 17.3 Å². The molecule has 0 fully saturated rings. The molecule has 0 saturated carbocycles. The molecular weight excluding hydrogens is 337 g/mol. The molecule has 16 heavy (non-hydrogen) atoms. The van der Waals surface area contributed by atoms with Crippen LogP contribution in [0.25, 0.3) is 0 Å². The van der Waals surface area contributed by atoms with Gasteiger partial charge in [-0.15, -0.1) is 0 Å². The number of sulfone groups is 1.